The SMILES string of the molecule is C=CC1=C(c2ccc(NC(=O)c3c(F)cccc3F)cc2)CCCC1.O=C(Cc1ccc(C2=C(c3cnco3)CCCC2)cc1)c1c(F)cccc1F.c1ccc(P(c2ccccc2)c2ccccc2)cc1.c1ccc(P(c2ccccc2)c2ccccc2)cc1. The van der Waals surface area contributed by atoms with Gasteiger partial charge in [0.15, 0.2) is 17.9 Å². The molecule has 2 aliphatic carbocycles. The van der Waals surface area contributed by atoms with Gasteiger partial charge in [-0.1, -0.05) is 243 Å². The lowest BCUT2D eigenvalue weighted by Gasteiger charge is -2.19. The average molecular weight is 1240 g/mol. The Kier molecular flexibility index (Phi) is 23.1. The van der Waals surface area contributed by atoms with Crippen LogP contribution in [0.4, 0.5) is 23.2 Å². The molecule has 0 saturated heterocycles. The number of anilines is 1. The number of rotatable bonds is 15. The Labute approximate surface area is 533 Å². The van der Waals surface area contributed by atoms with Gasteiger partial charge in [0.05, 0.1) is 11.8 Å². The van der Waals surface area contributed by atoms with E-state index in [1.807, 2.05) is 42.5 Å². The van der Waals surface area contributed by atoms with Gasteiger partial charge in [0.25, 0.3) is 5.91 Å². The van der Waals surface area contributed by atoms with E-state index in [0.29, 0.717) is 11.3 Å². The van der Waals surface area contributed by atoms with Crippen molar-refractivity contribution in [2.24, 2.45) is 0 Å². The molecular formula is C80H68F4N2O3P2. The monoisotopic (exact) mass is 1240 g/mol. The van der Waals surface area contributed by atoms with Gasteiger partial charge >= 0.3 is 0 Å². The minimum Gasteiger partial charge on any atom is -0.444 e. The Morgan fingerprint density at radius 2 is 0.791 bits per heavy atom. The van der Waals surface area contributed by atoms with Crippen LogP contribution in [0.1, 0.15) is 94.5 Å². The first-order valence-electron chi connectivity index (χ1n) is 30.4. The summed E-state index contributed by atoms with van der Waals surface area (Å²) in [6.45, 7) is 3.88. The number of hydrogen-bond acceptors (Lipinski definition) is 4. The summed E-state index contributed by atoms with van der Waals surface area (Å²) in [4.78, 5) is 28.5. The maximum absolute atomic E-state index is 13.8. The van der Waals surface area contributed by atoms with E-state index in [9.17, 15) is 27.2 Å². The van der Waals surface area contributed by atoms with Crippen molar-refractivity contribution in [2.45, 2.75) is 57.8 Å². The van der Waals surface area contributed by atoms with Crippen molar-refractivity contribution >= 4 is 81.8 Å². The Morgan fingerprint density at radius 1 is 0.429 bits per heavy atom. The molecule has 2 aliphatic rings. The molecule has 5 nitrogen and oxygen atoms in total. The van der Waals surface area contributed by atoms with Crippen LogP contribution in [0.2, 0.25) is 0 Å². The number of benzene rings is 10. The van der Waals surface area contributed by atoms with E-state index in [4.69, 9.17) is 4.42 Å². The Bertz CT molecular complexity index is 3850. The second-order valence-electron chi connectivity index (χ2n) is 21.7. The number of aromatic nitrogens is 1. The molecule has 10 aromatic carbocycles. The molecule has 0 aliphatic heterocycles. The van der Waals surface area contributed by atoms with Gasteiger partial charge in [-0.15, -0.1) is 0 Å². The molecule has 0 unspecified atom stereocenters. The summed E-state index contributed by atoms with van der Waals surface area (Å²) in [5.74, 6) is -3.98. The first-order chi connectivity index (χ1) is 44.6. The van der Waals surface area contributed by atoms with Crippen molar-refractivity contribution in [3.8, 4) is 0 Å². The van der Waals surface area contributed by atoms with Crippen LogP contribution in [0.25, 0.3) is 16.7 Å². The molecular weight excluding hydrogens is 1170 g/mol. The lowest BCUT2D eigenvalue weighted by molar-refractivity contribution is 0.0982. The van der Waals surface area contributed by atoms with Gasteiger partial charge < -0.3 is 9.73 Å². The quantitative estimate of drug-likeness (QED) is 0.0631. The van der Waals surface area contributed by atoms with Crippen LogP contribution < -0.4 is 37.1 Å². The first-order valence-corrected chi connectivity index (χ1v) is 33.1. The van der Waals surface area contributed by atoms with Crippen LogP contribution in [-0.2, 0) is 6.42 Å². The zero-order valence-corrected chi connectivity index (χ0v) is 52.1. The number of carbonyl (C=O) groups excluding carboxylic acids is 2. The van der Waals surface area contributed by atoms with Crippen LogP contribution >= 0.6 is 15.8 Å². The number of carbonyl (C=O) groups is 2. The third-order valence-electron chi connectivity index (χ3n) is 15.6. The van der Waals surface area contributed by atoms with E-state index >= 15 is 0 Å². The predicted molar refractivity (Wildman–Crippen MR) is 369 cm³/mol. The van der Waals surface area contributed by atoms with E-state index in [1.165, 1.54) is 79.1 Å². The Balaban J connectivity index is 0.000000135. The highest BCUT2D eigenvalue weighted by atomic mass is 31.1. The number of nitrogens with zero attached hydrogens (tertiary/aromatic N) is 1. The predicted octanol–water partition coefficient (Wildman–Crippen LogP) is 18.5. The van der Waals surface area contributed by atoms with Crippen LogP contribution in [0, 0.1) is 23.3 Å². The lowest BCUT2D eigenvalue weighted by atomic mass is 9.86. The van der Waals surface area contributed by atoms with Crippen molar-refractivity contribution in [1.29, 1.82) is 0 Å². The maximum Gasteiger partial charge on any atom is 0.261 e. The Hall–Kier alpha value is -9.65. The van der Waals surface area contributed by atoms with Crippen molar-refractivity contribution < 1.29 is 31.6 Å². The number of amides is 1. The largest absolute Gasteiger partial charge is 0.444 e. The summed E-state index contributed by atoms with van der Waals surface area (Å²) in [6, 6.07) is 86.4. The fourth-order valence-corrected chi connectivity index (χ4v) is 15.8. The molecule has 91 heavy (non-hydrogen) atoms. The number of ketones is 1. The van der Waals surface area contributed by atoms with Gasteiger partial charge in [-0.25, -0.2) is 22.5 Å². The van der Waals surface area contributed by atoms with E-state index in [1.54, 1.807) is 18.3 Å². The van der Waals surface area contributed by atoms with Crippen molar-refractivity contribution in [2.75, 3.05) is 5.32 Å². The zero-order chi connectivity index (χ0) is 63.2. The molecule has 13 rings (SSSR count). The highest BCUT2D eigenvalue weighted by molar-refractivity contribution is 7.80. The molecule has 11 aromatic rings. The summed E-state index contributed by atoms with van der Waals surface area (Å²) in [5, 5.41) is 10.9. The number of halogens is 4. The van der Waals surface area contributed by atoms with E-state index in [-0.39, 0.29) is 6.42 Å². The molecule has 0 saturated carbocycles. The minimum absolute atomic E-state index is 0.0495. The number of hydrogen-bond donors (Lipinski definition) is 1. The van der Waals surface area contributed by atoms with Crippen LogP contribution in [0.3, 0.4) is 0 Å². The zero-order valence-electron chi connectivity index (χ0n) is 50.3. The van der Waals surface area contributed by atoms with Crippen LogP contribution in [-0.4, -0.2) is 16.7 Å². The summed E-state index contributed by atoms with van der Waals surface area (Å²) in [6.07, 6.45) is 13.5. The summed E-state index contributed by atoms with van der Waals surface area (Å²) >= 11 is 0. The highest BCUT2D eigenvalue weighted by Crippen LogP contribution is 2.39. The standard InChI is InChI=1S/C23H19F2NO2.C21H19F2NO.2C18H15P/c24-19-6-3-7-20(25)23(19)21(27)12-15-8-10-16(11-9-15)17-4-1-2-5-18(17)22-13-26-14-28-22;1-2-14-6-3-4-7-17(14)15-10-12-16(13-11-15)24-21(25)20-18(22)8-5-9-19(20)23;2*1-4-10-16(11-5-1)19(17-12-6-2-7-13-17)18-14-8-3-9-15-18/h3,6-11,13-14H,1-2,4-5,12H2;2,5,8-13H,1,3-4,6-7H2,(H,24,25);2*1-15H. The van der Waals surface area contributed by atoms with Crippen LogP contribution in [0.15, 0.2) is 302 Å². The molecule has 0 radical (unpaired) electrons. The first kappa shape index (κ1) is 64.3. The molecule has 454 valence electrons. The van der Waals surface area contributed by atoms with Crippen molar-refractivity contribution in [3.63, 3.8) is 0 Å². The van der Waals surface area contributed by atoms with Crippen molar-refractivity contribution in [3.05, 3.63) is 355 Å². The van der Waals surface area contributed by atoms with Gasteiger partial charge in [0, 0.05) is 17.7 Å². The third-order valence-corrected chi connectivity index (χ3v) is 20.5. The fourth-order valence-electron chi connectivity index (χ4n) is 11.2. The number of Topliss-reactive ketones (excluding diaryl/α,β-unsaturated/α-hetero) is 1. The molecule has 0 atom stereocenters. The molecule has 0 spiro atoms. The maximum atomic E-state index is 13.8. The van der Waals surface area contributed by atoms with E-state index in [2.05, 4.69) is 199 Å². The minimum atomic E-state index is -0.878. The number of oxazole rings is 1. The van der Waals surface area contributed by atoms with Gasteiger partial charge in [0.1, 0.15) is 28.8 Å². The van der Waals surface area contributed by atoms with Gasteiger partial charge in [0.2, 0.25) is 0 Å². The number of allylic oxidation sites excluding steroid dienone is 5. The summed E-state index contributed by atoms with van der Waals surface area (Å²) in [5.41, 5.74) is 7.24. The molecule has 1 heterocycles. The second kappa shape index (κ2) is 32.7. The highest BCUT2D eigenvalue weighted by Gasteiger charge is 2.22. The normalized spacial score (nSPS) is 12.8. The molecule has 1 aromatic heterocycles. The van der Waals surface area contributed by atoms with Gasteiger partial charge in [-0.3, -0.25) is 9.59 Å². The summed E-state index contributed by atoms with van der Waals surface area (Å²) in [7, 11) is -0.892. The van der Waals surface area contributed by atoms with E-state index in [0.717, 1.165) is 86.1 Å². The third kappa shape index (κ3) is 17.2. The number of nitrogens with one attached hydrogen (secondary N) is 1. The average Bonchev–Trinajstić information content (AvgIpc) is 2.50. The molecule has 11 heteroatoms. The van der Waals surface area contributed by atoms with Crippen LogP contribution in [0.5, 0.6) is 0 Å². The molecule has 0 bridgehead atoms. The molecule has 1 amide bonds. The summed E-state index contributed by atoms with van der Waals surface area (Å²) < 4.78 is 60.5. The van der Waals surface area contributed by atoms with Crippen molar-refractivity contribution in [1.82, 2.24) is 4.98 Å². The molecule has 0 fully saturated rings. The van der Waals surface area contributed by atoms with E-state index < -0.39 is 61.9 Å². The smallest absolute Gasteiger partial charge is 0.261 e. The molecule has 1 N–H and O–H groups in total. The second-order valence-corrected chi connectivity index (χ2v) is 26.1. The lowest BCUT2D eigenvalue weighted by Crippen LogP contribution is -2.20. The van der Waals surface area contributed by atoms with Gasteiger partial charge in [-0.2, -0.15) is 0 Å². The fraction of sp³-hybridized carbons (Fsp3) is 0.113. The van der Waals surface area contributed by atoms with Gasteiger partial charge in [-0.05, 0) is 169 Å². The topological polar surface area (TPSA) is 72.2 Å². The Morgan fingerprint density at radius 3 is 1.19 bits per heavy atom.